The van der Waals surface area contributed by atoms with Crippen LogP contribution in [0.5, 0.6) is 0 Å². The van der Waals surface area contributed by atoms with Crippen LogP contribution in [-0.2, 0) is 0 Å². The molecule has 0 spiro atoms. The number of anilines is 1. The van der Waals surface area contributed by atoms with Crippen LogP contribution in [0.2, 0.25) is 0 Å². The summed E-state index contributed by atoms with van der Waals surface area (Å²) in [6, 6.07) is 2.12. The molecule has 1 unspecified atom stereocenters. The number of fused-ring (bicyclic) bond motifs is 1. The lowest BCUT2D eigenvalue weighted by atomic mass is 10.2. The minimum atomic E-state index is -0.368. The zero-order valence-corrected chi connectivity index (χ0v) is 16.7. The molecule has 7 nitrogen and oxygen atoms in total. The predicted octanol–water partition coefficient (Wildman–Crippen LogP) is 3.85. The quantitative estimate of drug-likeness (QED) is 0.553. The highest BCUT2D eigenvalue weighted by Crippen LogP contribution is 2.41. The Balaban J connectivity index is 2.31. The standard InChI is InChI=1S/C15H19Br2N5O2/c1-3-9(2)21-11-8-10(16)12(17)14(22(23)24)13(11)19-15(21)20-6-4-18-5-7-20/h8-9,18H,3-7H2,1-2H3. The van der Waals surface area contributed by atoms with E-state index in [-0.39, 0.29) is 16.7 Å². The van der Waals surface area contributed by atoms with E-state index in [0.29, 0.717) is 14.5 Å². The third-order valence-electron chi connectivity index (χ3n) is 4.45. The van der Waals surface area contributed by atoms with Crippen LogP contribution in [0.4, 0.5) is 11.6 Å². The average molecular weight is 461 g/mol. The fraction of sp³-hybridized carbons (Fsp3) is 0.533. The van der Waals surface area contributed by atoms with Gasteiger partial charge in [-0.05, 0) is 51.3 Å². The van der Waals surface area contributed by atoms with Crippen molar-refractivity contribution in [3.63, 3.8) is 0 Å². The maximum atomic E-state index is 11.6. The smallest absolute Gasteiger partial charge is 0.312 e. The first-order chi connectivity index (χ1) is 11.5. The molecule has 1 aliphatic heterocycles. The van der Waals surface area contributed by atoms with Crippen molar-refractivity contribution in [3.8, 4) is 0 Å². The number of imidazole rings is 1. The molecule has 1 aromatic carbocycles. The molecule has 130 valence electrons. The fourth-order valence-corrected chi connectivity index (χ4v) is 3.87. The Labute approximate surface area is 156 Å². The highest BCUT2D eigenvalue weighted by molar-refractivity contribution is 9.13. The van der Waals surface area contributed by atoms with Crippen molar-refractivity contribution in [2.45, 2.75) is 26.3 Å². The Bertz CT molecular complexity index is 786. The lowest BCUT2D eigenvalue weighted by Crippen LogP contribution is -2.44. The van der Waals surface area contributed by atoms with Crippen LogP contribution in [0.25, 0.3) is 11.0 Å². The Morgan fingerprint density at radius 2 is 2.08 bits per heavy atom. The van der Waals surface area contributed by atoms with Crippen molar-refractivity contribution in [1.29, 1.82) is 0 Å². The number of halogens is 2. The van der Waals surface area contributed by atoms with E-state index in [4.69, 9.17) is 4.98 Å². The third kappa shape index (κ3) is 2.93. The lowest BCUT2D eigenvalue weighted by Gasteiger charge is -2.30. The molecule has 1 aromatic heterocycles. The van der Waals surface area contributed by atoms with Gasteiger partial charge in [0.25, 0.3) is 0 Å². The van der Waals surface area contributed by atoms with E-state index in [1.165, 1.54) is 0 Å². The fourth-order valence-electron chi connectivity index (χ4n) is 3.02. The SMILES string of the molecule is CCC(C)n1c(N2CCNCC2)nc2c([N+](=O)[O-])c(Br)c(Br)cc21. The summed E-state index contributed by atoms with van der Waals surface area (Å²) in [6.07, 6.45) is 0.923. The summed E-state index contributed by atoms with van der Waals surface area (Å²) in [5.74, 6) is 0.814. The second-order valence-electron chi connectivity index (χ2n) is 5.92. The van der Waals surface area contributed by atoms with E-state index in [9.17, 15) is 10.1 Å². The van der Waals surface area contributed by atoms with Crippen LogP contribution in [0, 0.1) is 10.1 Å². The van der Waals surface area contributed by atoms with Gasteiger partial charge in [-0.3, -0.25) is 10.1 Å². The van der Waals surface area contributed by atoms with Crippen molar-refractivity contribution in [2.75, 3.05) is 31.1 Å². The van der Waals surface area contributed by atoms with Gasteiger partial charge in [-0.25, -0.2) is 4.98 Å². The number of hydrogen-bond acceptors (Lipinski definition) is 5. The second-order valence-corrected chi connectivity index (χ2v) is 7.57. The molecule has 0 radical (unpaired) electrons. The maximum Gasteiger partial charge on any atom is 0.312 e. The lowest BCUT2D eigenvalue weighted by molar-refractivity contribution is -0.384. The summed E-state index contributed by atoms with van der Waals surface area (Å²) in [7, 11) is 0. The van der Waals surface area contributed by atoms with Crippen LogP contribution in [0.1, 0.15) is 26.3 Å². The summed E-state index contributed by atoms with van der Waals surface area (Å²) in [5, 5.41) is 14.9. The zero-order chi connectivity index (χ0) is 17.4. The normalized spacial score (nSPS) is 16.6. The van der Waals surface area contributed by atoms with Crippen LogP contribution in [0.15, 0.2) is 15.0 Å². The van der Waals surface area contributed by atoms with Gasteiger partial charge < -0.3 is 14.8 Å². The second kappa shape index (κ2) is 6.97. The monoisotopic (exact) mass is 459 g/mol. The molecule has 3 rings (SSSR count). The van der Waals surface area contributed by atoms with Crippen molar-refractivity contribution < 1.29 is 4.92 Å². The number of rotatable bonds is 4. The van der Waals surface area contributed by atoms with E-state index < -0.39 is 0 Å². The largest absolute Gasteiger partial charge is 0.340 e. The molecule has 2 heterocycles. The van der Waals surface area contributed by atoms with Gasteiger partial charge in [-0.15, -0.1) is 0 Å². The summed E-state index contributed by atoms with van der Waals surface area (Å²) >= 11 is 6.75. The highest BCUT2D eigenvalue weighted by Gasteiger charge is 2.29. The Kier molecular flexibility index (Phi) is 5.12. The van der Waals surface area contributed by atoms with E-state index in [1.807, 2.05) is 6.07 Å². The number of aromatic nitrogens is 2. The molecular weight excluding hydrogens is 442 g/mol. The van der Waals surface area contributed by atoms with Gasteiger partial charge in [0, 0.05) is 36.7 Å². The van der Waals surface area contributed by atoms with E-state index in [2.05, 4.69) is 60.5 Å². The molecule has 1 atom stereocenters. The molecule has 1 saturated heterocycles. The number of hydrogen-bond donors (Lipinski definition) is 1. The number of nitro groups is 1. The van der Waals surface area contributed by atoms with Gasteiger partial charge in [0.1, 0.15) is 4.47 Å². The molecule has 9 heteroatoms. The number of piperazine rings is 1. The number of nitro benzene ring substituents is 1. The molecule has 1 aliphatic rings. The van der Waals surface area contributed by atoms with Crippen LogP contribution < -0.4 is 10.2 Å². The highest BCUT2D eigenvalue weighted by atomic mass is 79.9. The molecule has 0 amide bonds. The topological polar surface area (TPSA) is 76.2 Å². The summed E-state index contributed by atoms with van der Waals surface area (Å²) < 4.78 is 3.23. The molecule has 24 heavy (non-hydrogen) atoms. The molecule has 0 saturated carbocycles. The number of nitrogens with one attached hydrogen (secondary N) is 1. The van der Waals surface area contributed by atoms with Gasteiger partial charge in [0.2, 0.25) is 5.95 Å². The molecular formula is C15H19Br2N5O2. The van der Waals surface area contributed by atoms with Crippen molar-refractivity contribution in [3.05, 3.63) is 25.1 Å². The molecule has 0 aliphatic carbocycles. The zero-order valence-electron chi connectivity index (χ0n) is 13.6. The van der Waals surface area contributed by atoms with Gasteiger partial charge >= 0.3 is 5.69 Å². The Morgan fingerprint density at radius 3 is 2.67 bits per heavy atom. The first kappa shape index (κ1) is 17.6. The average Bonchev–Trinajstić information content (AvgIpc) is 2.94. The Morgan fingerprint density at radius 1 is 1.42 bits per heavy atom. The third-order valence-corrected chi connectivity index (χ3v) is 6.41. The predicted molar refractivity (Wildman–Crippen MR) is 102 cm³/mol. The first-order valence-electron chi connectivity index (χ1n) is 7.95. The van der Waals surface area contributed by atoms with Gasteiger partial charge in [0.05, 0.1) is 10.4 Å². The van der Waals surface area contributed by atoms with Crippen LogP contribution in [0.3, 0.4) is 0 Å². The van der Waals surface area contributed by atoms with Gasteiger partial charge in [-0.1, -0.05) is 6.92 Å². The first-order valence-corrected chi connectivity index (χ1v) is 9.54. The Hall–Kier alpha value is -1.19. The van der Waals surface area contributed by atoms with Crippen molar-refractivity contribution in [1.82, 2.24) is 14.9 Å². The maximum absolute atomic E-state index is 11.6. The molecule has 0 bridgehead atoms. The van der Waals surface area contributed by atoms with E-state index in [0.717, 1.165) is 44.1 Å². The van der Waals surface area contributed by atoms with Crippen molar-refractivity contribution in [2.24, 2.45) is 0 Å². The van der Waals surface area contributed by atoms with Crippen LogP contribution >= 0.6 is 31.9 Å². The van der Waals surface area contributed by atoms with E-state index in [1.54, 1.807) is 0 Å². The minimum Gasteiger partial charge on any atom is -0.340 e. The molecule has 1 N–H and O–H groups in total. The molecule has 1 fully saturated rings. The summed E-state index contributed by atoms with van der Waals surface area (Å²) in [6.45, 7) is 7.69. The van der Waals surface area contributed by atoms with Crippen LogP contribution in [-0.4, -0.2) is 40.7 Å². The number of nitrogens with zero attached hydrogens (tertiary/aromatic N) is 4. The van der Waals surface area contributed by atoms with Crippen molar-refractivity contribution >= 4 is 54.5 Å². The number of benzene rings is 1. The van der Waals surface area contributed by atoms with Gasteiger partial charge in [-0.2, -0.15) is 0 Å². The summed E-state index contributed by atoms with van der Waals surface area (Å²) in [5.41, 5.74) is 1.24. The summed E-state index contributed by atoms with van der Waals surface area (Å²) in [4.78, 5) is 18.1. The molecule has 2 aromatic rings. The minimum absolute atomic E-state index is 0.0119. The van der Waals surface area contributed by atoms with Gasteiger partial charge in [0.15, 0.2) is 5.52 Å². The van der Waals surface area contributed by atoms with E-state index >= 15 is 0 Å².